The quantitative estimate of drug-likeness (QED) is 0.533. The van der Waals surface area contributed by atoms with Crippen LogP contribution in [0, 0.1) is 13.8 Å². The highest BCUT2D eigenvalue weighted by atomic mass is 32.1. The van der Waals surface area contributed by atoms with Crippen LogP contribution in [0.1, 0.15) is 22.0 Å². The zero-order valence-electron chi connectivity index (χ0n) is 15.3. The SMILES string of the molecule is Cc1cc(C)n2nc(C(=O)Nc3nc(-c4ccccc4OC(F)F)cs3)nc2n1. The van der Waals surface area contributed by atoms with Gasteiger partial charge in [-0.2, -0.15) is 13.8 Å². The second-order valence-corrected chi connectivity index (χ2v) is 6.91. The number of hydrogen-bond donors (Lipinski definition) is 1. The minimum Gasteiger partial charge on any atom is -0.434 e. The number of aryl methyl sites for hydroxylation is 2. The van der Waals surface area contributed by atoms with Crippen molar-refractivity contribution in [3.8, 4) is 17.0 Å². The fourth-order valence-electron chi connectivity index (χ4n) is 2.75. The van der Waals surface area contributed by atoms with Crippen molar-refractivity contribution in [1.82, 2.24) is 24.6 Å². The number of thiazole rings is 1. The molecule has 3 heterocycles. The van der Waals surface area contributed by atoms with E-state index in [9.17, 15) is 13.6 Å². The van der Waals surface area contributed by atoms with Gasteiger partial charge in [0, 0.05) is 22.3 Å². The first-order chi connectivity index (χ1) is 13.9. The van der Waals surface area contributed by atoms with Crippen molar-refractivity contribution < 1.29 is 18.3 Å². The van der Waals surface area contributed by atoms with Crippen LogP contribution in [0.25, 0.3) is 17.0 Å². The largest absolute Gasteiger partial charge is 0.434 e. The van der Waals surface area contributed by atoms with Gasteiger partial charge in [0.05, 0.1) is 5.69 Å². The highest BCUT2D eigenvalue weighted by molar-refractivity contribution is 7.14. The first kappa shape index (κ1) is 18.9. The molecule has 11 heteroatoms. The Kier molecular flexibility index (Phi) is 4.89. The molecular weight excluding hydrogens is 402 g/mol. The summed E-state index contributed by atoms with van der Waals surface area (Å²) < 4.78 is 31.2. The molecule has 4 rings (SSSR count). The standard InChI is InChI=1S/C18H14F2N6O2S/c1-9-7-10(2)26-17(21-9)23-14(25-26)15(27)24-18-22-12(8-29-18)11-5-3-4-6-13(11)28-16(19)20/h3-8,16H,1-2H3,(H,22,24,27). The van der Waals surface area contributed by atoms with E-state index in [2.05, 4.69) is 30.1 Å². The highest BCUT2D eigenvalue weighted by Gasteiger charge is 2.18. The van der Waals surface area contributed by atoms with E-state index in [4.69, 9.17) is 0 Å². The Bertz CT molecular complexity index is 1210. The summed E-state index contributed by atoms with van der Waals surface area (Å²) in [6.07, 6.45) is 0. The number of para-hydroxylation sites is 1. The summed E-state index contributed by atoms with van der Waals surface area (Å²) in [5.41, 5.74) is 2.36. The van der Waals surface area contributed by atoms with E-state index in [0.29, 0.717) is 17.0 Å². The van der Waals surface area contributed by atoms with E-state index in [1.54, 1.807) is 23.6 Å². The second kappa shape index (κ2) is 7.51. The molecule has 8 nitrogen and oxygen atoms in total. The van der Waals surface area contributed by atoms with E-state index in [-0.39, 0.29) is 16.7 Å². The smallest absolute Gasteiger partial charge is 0.387 e. The van der Waals surface area contributed by atoms with Crippen molar-refractivity contribution in [2.24, 2.45) is 0 Å². The predicted molar refractivity (Wildman–Crippen MR) is 102 cm³/mol. The van der Waals surface area contributed by atoms with Crippen molar-refractivity contribution in [3.63, 3.8) is 0 Å². The molecule has 0 saturated carbocycles. The average Bonchev–Trinajstić information content (AvgIpc) is 3.29. The summed E-state index contributed by atoms with van der Waals surface area (Å²) in [6.45, 7) is 0.717. The van der Waals surface area contributed by atoms with Gasteiger partial charge in [0.1, 0.15) is 5.75 Å². The van der Waals surface area contributed by atoms with Gasteiger partial charge in [-0.15, -0.1) is 16.4 Å². The lowest BCUT2D eigenvalue weighted by Gasteiger charge is -2.08. The Morgan fingerprint density at radius 1 is 1.21 bits per heavy atom. The Balaban J connectivity index is 1.57. The fraction of sp³-hybridized carbons (Fsp3) is 0.167. The van der Waals surface area contributed by atoms with Crippen LogP contribution in [-0.4, -0.2) is 37.1 Å². The molecule has 1 amide bonds. The number of fused-ring (bicyclic) bond motifs is 1. The van der Waals surface area contributed by atoms with Gasteiger partial charge in [0.25, 0.3) is 11.7 Å². The molecule has 1 N–H and O–H groups in total. The lowest BCUT2D eigenvalue weighted by molar-refractivity contribution is -0.0494. The Morgan fingerprint density at radius 3 is 2.79 bits per heavy atom. The maximum absolute atomic E-state index is 12.6. The summed E-state index contributed by atoms with van der Waals surface area (Å²) in [6, 6.07) is 8.14. The van der Waals surface area contributed by atoms with Crippen molar-refractivity contribution in [1.29, 1.82) is 0 Å². The molecule has 3 aromatic heterocycles. The number of anilines is 1. The number of hydrogen-bond acceptors (Lipinski definition) is 7. The Hall–Kier alpha value is -3.47. The van der Waals surface area contributed by atoms with Crippen molar-refractivity contribution in [2.45, 2.75) is 20.5 Å². The Morgan fingerprint density at radius 2 is 2.00 bits per heavy atom. The van der Waals surface area contributed by atoms with Crippen LogP contribution in [0.3, 0.4) is 0 Å². The summed E-state index contributed by atoms with van der Waals surface area (Å²) in [5, 5.41) is 8.69. The van der Waals surface area contributed by atoms with Crippen LogP contribution in [0.5, 0.6) is 5.75 Å². The third kappa shape index (κ3) is 3.90. The molecule has 0 spiro atoms. The number of ether oxygens (including phenoxy) is 1. The number of amides is 1. The predicted octanol–water partition coefficient (Wildman–Crippen LogP) is 3.72. The van der Waals surface area contributed by atoms with Gasteiger partial charge < -0.3 is 4.74 Å². The summed E-state index contributed by atoms with van der Waals surface area (Å²) in [7, 11) is 0. The zero-order chi connectivity index (χ0) is 20.5. The molecule has 0 bridgehead atoms. The number of nitrogens with one attached hydrogen (secondary N) is 1. The van der Waals surface area contributed by atoms with E-state index in [1.165, 1.54) is 10.6 Å². The summed E-state index contributed by atoms with van der Waals surface area (Å²) in [4.78, 5) is 25.2. The lowest BCUT2D eigenvalue weighted by atomic mass is 10.1. The van der Waals surface area contributed by atoms with E-state index in [1.807, 2.05) is 19.9 Å². The number of carbonyl (C=O) groups excluding carboxylic acids is 1. The van der Waals surface area contributed by atoms with E-state index in [0.717, 1.165) is 22.7 Å². The maximum Gasteiger partial charge on any atom is 0.387 e. The van der Waals surface area contributed by atoms with Gasteiger partial charge in [-0.3, -0.25) is 10.1 Å². The fourth-order valence-corrected chi connectivity index (χ4v) is 3.45. The van der Waals surface area contributed by atoms with Gasteiger partial charge in [0.2, 0.25) is 5.82 Å². The van der Waals surface area contributed by atoms with Crippen LogP contribution >= 0.6 is 11.3 Å². The Labute approximate surface area is 167 Å². The van der Waals surface area contributed by atoms with E-state index >= 15 is 0 Å². The number of halogens is 2. The van der Waals surface area contributed by atoms with Gasteiger partial charge in [0.15, 0.2) is 5.13 Å². The number of alkyl halides is 2. The highest BCUT2D eigenvalue weighted by Crippen LogP contribution is 2.33. The molecule has 0 atom stereocenters. The maximum atomic E-state index is 12.6. The number of nitrogens with zero attached hydrogens (tertiary/aromatic N) is 5. The van der Waals surface area contributed by atoms with E-state index < -0.39 is 12.5 Å². The molecule has 0 unspecified atom stereocenters. The van der Waals surface area contributed by atoms with Gasteiger partial charge in [-0.05, 0) is 32.0 Å². The molecule has 0 aliphatic carbocycles. The first-order valence-corrected chi connectivity index (χ1v) is 9.31. The summed E-state index contributed by atoms with van der Waals surface area (Å²) >= 11 is 1.14. The molecule has 1 aromatic carbocycles. The second-order valence-electron chi connectivity index (χ2n) is 6.05. The minimum absolute atomic E-state index is 0.00427. The number of carbonyl (C=O) groups is 1. The minimum atomic E-state index is -2.95. The zero-order valence-corrected chi connectivity index (χ0v) is 16.1. The first-order valence-electron chi connectivity index (χ1n) is 8.43. The molecule has 0 fully saturated rings. The molecule has 148 valence electrons. The van der Waals surface area contributed by atoms with Crippen LogP contribution in [0.15, 0.2) is 35.7 Å². The average molecular weight is 416 g/mol. The summed E-state index contributed by atoms with van der Waals surface area (Å²) in [5.74, 6) is -0.273. The monoisotopic (exact) mass is 416 g/mol. The third-order valence-corrected chi connectivity index (χ3v) is 4.68. The van der Waals surface area contributed by atoms with Crippen LogP contribution < -0.4 is 10.1 Å². The van der Waals surface area contributed by atoms with Gasteiger partial charge in [-0.25, -0.2) is 14.5 Å². The number of rotatable bonds is 5. The third-order valence-electron chi connectivity index (χ3n) is 3.93. The van der Waals surface area contributed by atoms with Crippen LogP contribution in [0.2, 0.25) is 0 Å². The molecule has 0 aliphatic heterocycles. The normalized spacial score (nSPS) is 11.2. The van der Waals surface area contributed by atoms with Crippen molar-refractivity contribution in [3.05, 3.63) is 52.9 Å². The van der Waals surface area contributed by atoms with Crippen molar-refractivity contribution >= 4 is 28.2 Å². The molecule has 4 aromatic rings. The molecule has 0 saturated heterocycles. The lowest BCUT2D eigenvalue weighted by Crippen LogP contribution is -2.13. The molecule has 0 aliphatic rings. The van der Waals surface area contributed by atoms with Gasteiger partial charge >= 0.3 is 6.61 Å². The van der Waals surface area contributed by atoms with Crippen molar-refractivity contribution in [2.75, 3.05) is 5.32 Å². The topological polar surface area (TPSA) is 94.3 Å². The number of aromatic nitrogens is 5. The molecular formula is C18H14F2N6O2S. The molecule has 0 radical (unpaired) electrons. The molecule has 29 heavy (non-hydrogen) atoms. The van der Waals surface area contributed by atoms with Crippen LogP contribution in [0.4, 0.5) is 13.9 Å². The number of benzene rings is 1. The van der Waals surface area contributed by atoms with Gasteiger partial charge in [-0.1, -0.05) is 12.1 Å². The van der Waals surface area contributed by atoms with Crippen LogP contribution in [-0.2, 0) is 0 Å².